The van der Waals surface area contributed by atoms with Crippen LogP contribution in [0.25, 0.3) is 10.9 Å². The molecule has 0 bridgehead atoms. The van der Waals surface area contributed by atoms with Crippen LogP contribution in [0.15, 0.2) is 52.6 Å². The van der Waals surface area contributed by atoms with E-state index < -0.39 is 4.92 Å². The fraction of sp³-hybridized carbons (Fsp3) is 0.273. The number of nitrogens with zero attached hydrogens (tertiary/aromatic N) is 4. The second-order valence-corrected chi connectivity index (χ2v) is 7.68. The molecule has 0 aliphatic carbocycles. The summed E-state index contributed by atoms with van der Waals surface area (Å²) in [6.45, 7) is 5.05. The van der Waals surface area contributed by atoms with E-state index >= 15 is 0 Å². The topological polar surface area (TPSA) is 128 Å². The number of hydrogen-bond donors (Lipinski definition) is 3. The average molecular weight is 471 g/mol. The van der Waals surface area contributed by atoms with Gasteiger partial charge < -0.3 is 20.2 Å². The normalized spacial score (nSPS) is 17.0. The minimum Gasteiger partial charge on any atom is -0.494 e. The molecular weight excluding hydrogens is 448 g/mol. The molecule has 0 unspecified atom stereocenters. The summed E-state index contributed by atoms with van der Waals surface area (Å²) < 4.78 is 0. The summed E-state index contributed by atoms with van der Waals surface area (Å²) >= 11 is 0. The maximum Gasteiger partial charge on any atom is 0.270 e. The number of oxime groups is 1. The Morgan fingerprint density at radius 3 is 2.79 bits per heavy atom. The summed E-state index contributed by atoms with van der Waals surface area (Å²) in [5.41, 5.74) is 3.25. The van der Waals surface area contributed by atoms with Gasteiger partial charge in [0.2, 0.25) is 0 Å². The number of nitro benzene ring substituents is 1. The zero-order valence-electron chi connectivity index (χ0n) is 17.7. The Morgan fingerprint density at radius 2 is 2.00 bits per heavy atom. The molecule has 3 N–H and O–H groups in total. The number of aromatic nitrogens is 1. The van der Waals surface area contributed by atoms with E-state index in [2.05, 4.69) is 25.3 Å². The van der Waals surface area contributed by atoms with Gasteiger partial charge in [-0.05, 0) is 12.1 Å². The van der Waals surface area contributed by atoms with Crippen molar-refractivity contribution in [2.75, 3.05) is 39.3 Å². The van der Waals surface area contributed by atoms with Gasteiger partial charge in [0.15, 0.2) is 5.88 Å². The minimum atomic E-state index is -0.466. The van der Waals surface area contributed by atoms with E-state index in [0.717, 1.165) is 38.3 Å². The fourth-order valence-electron chi connectivity index (χ4n) is 4.07. The Bertz CT molecular complexity index is 1250. The lowest BCUT2D eigenvalue weighted by atomic mass is 10.0. The highest BCUT2D eigenvalue weighted by molar-refractivity contribution is 6.58. The predicted octanol–water partition coefficient (Wildman–Crippen LogP) is 2.96. The standard InChI is InChI=1S/C22H22N6O4.ClH/c29-22-19(16-13-14(28(30)31)5-6-18(16)25-22)21-20(15-3-1-2-4-17(15)24-21)26-32-12-11-27-9-7-23-8-10-27;/h1-6,13,23,25,29H,7-12H2;1H/b26-20+;. The van der Waals surface area contributed by atoms with Crippen molar-refractivity contribution >= 4 is 46.1 Å². The number of aromatic amines is 1. The zero-order chi connectivity index (χ0) is 22.1. The number of aliphatic imine (C=N–C) groups is 1. The van der Waals surface area contributed by atoms with Gasteiger partial charge in [0.25, 0.3) is 5.69 Å². The van der Waals surface area contributed by atoms with Crippen molar-refractivity contribution in [1.82, 2.24) is 15.2 Å². The molecule has 10 nitrogen and oxygen atoms in total. The Labute approximate surface area is 195 Å². The van der Waals surface area contributed by atoms with Gasteiger partial charge in [0.1, 0.15) is 18.0 Å². The number of fused-ring (bicyclic) bond motifs is 2. The first-order valence-corrected chi connectivity index (χ1v) is 10.4. The van der Waals surface area contributed by atoms with Crippen molar-refractivity contribution in [2.45, 2.75) is 0 Å². The molecule has 0 atom stereocenters. The van der Waals surface area contributed by atoms with Gasteiger partial charge in [-0.15, -0.1) is 12.4 Å². The van der Waals surface area contributed by atoms with E-state index in [1.54, 1.807) is 6.07 Å². The molecule has 0 radical (unpaired) electrons. The van der Waals surface area contributed by atoms with E-state index in [1.165, 1.54) is 12.1 Å². The molecule has 5 rings (SSSR count). The van der Waals surface area contributed by atoms with E-state index in [4.69, 9.17) is 4.84 Å². The highest BCUT2D eigenvalue weighted by Crippen LogP contribution is 2.36. The smallest absolute Gasteiger partial charge is 0.270 e. The molecule has 1 saturated heterocycles. The summed E-state index contributed by atoms with van der Waals surface area (Å²) in [5, 5.41) is 30.1. The van der Waals surface area contributed by atoms with Crippen LogP contribution in [0.4, 0.5) is 11.4 Å². The third-order valence-electron chi connectivity index (χ3n) is 5.69. The van der Waals surface area contributed by atoms with Gasteiger partial charge in [-0.2, -0.15) is 0 Å². The maximum atomic E-state index is 11.3. The van der Waals surface area contributed by atoms with Gasteiger partial charge >= 0.3 is 0 Å². The zero-order valence-corrected chi connectivity index (χ0v) is 18.5. The van der Waals surface area contributed by atoms with Crippen molar-refractivity contribution < 1.29 is 14.9 Å². The van der Waals surface area contributed by atoms with Crippen molar-refractivity contribution in [3.63, 3.8) is 0 Å². The predicted molar refractivity (Wildman–Crippen MR) is 128 cm³/mol. The van der Waals surface area contributed by atoms with Gasteiger partial charge in [-0.25, -0.2) is 4.99 Å². The molecule has 2 aromatic carbocycles. The van der Waals surface area contributed by atoms with Gasteiger partial charge in [-0.1, -0.05) is 23.4 Å². The number of nitro groups is 1. The van der Waals surface area contributed by atoms with Gasteiger partial charge in [-0.3, -0.25) is 15.0 Å². The Hall–Kier alpha value is -3.47. The van der Waals surface area contributed by atoms with Crippen LogP contribution in [0, 0.1) is 10.1 Å². The van der Waals surface area contributed by atoms with Crippen LogP contribution in [-0.2, 0) is 4.84 Å². The number of piperazine rings is 1. The number of benzene rings is 2. The second kappa shape index (κ2) is 9.57. The average Bonchev–Trinajstić information content (AvgIpc) is 3.33. The van der Waals surface area contributed by atoms with Crippen molar-refractivity contribution in [2.24, 2.45) is 10.1 Å². The molecule has 2 aliphatic rings. The molecule has 0 amide bonds. The van der Waals surface area contributed by atoms with E-state index in [9.17, 15) is 15.2 Å². The molecule has 1 fully saturated rings. The fourth-order valence-corrected chi connectivity index (χ4v) is 4.07. The molecule has 1 aromatic heterocycles. The quantitative estimate of drug-likeness (QED) is 0.288. The van der Waals surface area contributed by atoms with Crippen molar-refractivity contribution in [3.05, 3.63) is 63.7 Å². The van der Waals surface area contributed by atoms with E-state index in [1.807, 2.05) is 24.3 Å². The molecule has 3 heterocycles. The summed E-state index contributed by atoms with van der Waals surface area (Å²) in [6.07, 6.45) is 0. The summed E-state index contributed by atoms with van der Waals surface area (Å²) in [4.78, 5) is 26.3. The van der Waals surface area contributed by atoms with E-state index in [0.29, 0.717) is 40.2 Å². The number of aromatic hydroxyl groups is 1. The molecular formula is C22H23ClN6O4. The molecule has 33 heavy (non-hydrogen) atoms. The maximum absolute atomic E-state index is 11.3. The number of para-hydroxylation sites is 1. The number of non-ortho nitro benzene ring substituents is 1. The largest absolute Gasteiger partial charge is 0.494 e. The summed E-state index contributed by atoms with van der Waals surface area (Å²) in [7, 11) is 0. The Morgan fingerprint density at radius 1 is 1.21 bits per heavy atom. The van der Waals surface area contributed by atoms with Crippen LogP contribution in [0.3, 0.4) is 0 Å². The monoisotopic (exact) mass is 470 g/mol. The SMILES string of the molecule is Cl.O=[N+]([O-])c1ccc2[nH]c(O)c(C3=Nc4ccccc4/C3=N\OCCN3CCNCC3)c2c1. The van der Waals surface area contributed by atoms with Crippen LogP contribution < -0.4 is 5.32 Å². The lowest BCUT2D eigenvalue weighted by Crippen LogP contribution is -2.44. The number of hydrogen-bond acceptors (Lipinski definition) is 8. The molecule has 0 spiro atoms. The lowest BCUT2D eigenvalue weighted by molar-refractivity contribution is -0.384. The summed E-state index contributed by atoms with van der Waals surface area (Å²) in [6, 6.07) is 11.9. The molecule has 172 valence electrons. The van der Waals surface area contributed by atoms with Crippen LogP contribution in [0.1, 0.15) is 11.1 Å². The lowest BCUT2D eigenvalue weighted by Gasteiger charge is -2.26. The molecule has 2 aliphatic heterocycles. The van der Waals surface area contributed by atoms with Gasteiger partial charge in [0.05, 0.1) is 16.2 Å². The number of H-pyrrole nitrogens is 1. The van der Waals surface area contributed by atoms with Crippen LogP contribution in [-0.4, -0.2) is 70.7 Å². The Balaban J connectivity index is 0.00000259. The van der Waals surface area contributed by atoms with Crippen molar-refractivity contribution in [3.8, 4) is 5.88 Å². The first-order chi connectivity index (χ1) is 15.6. The minimum absolute atomic E-state index is 0. The van der Waals surface area contributed by atoms with Gasteiger partial charge in [0, 0.05) is 61.3 Å². The number of rotatable bonds is 6. The molecule has 3 aromatic rings. The first-order valence-electron chi connectivity index (χ1n) is 10.4. The number of nitrogens with one attached hydrogen (secondary N) is 2. The van der Waals surface area contributed by atoms with Crippen molar-refractivity contribution in [1.29, 1.82) is 0 Å². The Kier molecular flexibility index (Phi) is 6.59. The third-order valence-corrected chi connectivity index (χ3v) is 5.69. The highest BCUT2D eigenvalue weighted by atomic mass is 35.5. The molecule has 0 saturated carbocycles. The van der Waals surface area contributed by atoms with E-state index in [-0.39, 0.29) is 24.0 Å². The van der Waals surface area contributed by atoms with Crippen LogP contribution in [0.5, 0.6) is 5.88 Å². The van der Waals surface area contributed by atoms with Crippen LogP contribution >= 0.6 is 12.4 Å². The second-order valence-electron chi connectivity index (χ2n) is 7.68. The highest BCUT2D eigenvalue weighted by Gasteiger charge is 2.30. The number of halogens is 1. The third kappa shape index (κ3) is 4.40. The molecule has 11 heteroatoms. The first kappa shape index (κ1) is 22.7. The summed E-state index contributed by atoms with van der Waals surface area (Å²) in [5.74, 6) is -0.124. The van der Waals surface area contributed by atoms with Crippen LogP contribution in [0.2, 0.25) is 0 Å².